The molecule has 0 N–H and O–H groups in total. The van der Waals surface area contributed by atoms with Gasteiger partial charge < -0.3 is 13.8 Å². The number of methoxy groups -OCH3 is 1. The van der Waals surface area contributed by atoms with Crippen molar-refractivity contribution in [1.82, 2.24) is 4.90 Å². The summed E-state index contributed by atoms with van der Waals surface area (Å²) in [6, 6.07) is 9.31. The van der Waals surface area contributed by atoms with Gasteiger partial charge in [0.15, 0.2) is 11.5 Å². The van der Waals surface area contributed by atoms with Crippen LogP contribution in [0.1, 0.15) is 45.6 Å². The van der Waals surface area contributed by atoms with Crippen molar-refractivity contribution in [1.29, 1.82) is 0 Å². The summed E-state index contributed by atoms with van der Waals surface area (Å²) < 4.78 is 48.9. The number of amides is 1. The van der Waals surface area contributed by atoms with Gasteiger partial charge >= 0.3 is 10.1 Å². The van der Waals surface area contributed by atoms with Crippen molar-refractivity contribution in [3.05, 3.63) is 53.8 Å². The molecule has 0 aromatic heterocycles. The van der Waals surface area contributed by atoms with Gasteiger partial charge in [0.2, 0.25) is 5.91 Å². The van der Waals surface area contributed by atoms with Crippen molar-refractivity contribution in [2.24, 2.45) is 5.92 Å². The molecule has 0 saturated heterocycles. The minimum Gasteiger partial charge on any atom is -0.493 e. The van der Waals surface area contributed by atoms with E-state index in [9.17, 15) is 17.6 Å². The zero-order valence-corrected chi connectivity index (χ0v) is 19.2. The SMILES string of the molecule is CCCCC(=O)N(Cc1ccc(OC)c(OS(=O)(=O)c2ccc(F)cc2)c1)CC(C)C. The number of unbranched alkanes of at least 4 members (excludes halogenated alkanes) is 1. The van der Waals surface area contributed by atoms with Crippen LogP contribution in [0.3, 0.4) is 0 Å². The Hall–Kier alpha value is -2.61. The van der Waals surface area contributed by atoms with Gasteiger partial charge in [-0.25, -0.2) is 4.39 Å². The number of ether oxygens (including phenoxy) is 1. The smallest absolute Gasteiger partial charge is 0.339 e. The maximum Gasteiger partial charge on any atom is 0.339 e. The predicted molar refractivity (Wildman–Crippen MR) is 117 cm³/mol. The van der Waals surface area contributed by atoms with Gasteiger partial charge in [0.25, 0.3) is 0 Å². The van der Waals surface area contributed by atoms with Crippen LogP contribution < -0.4 is 8.92 Å². The van der Waals surface area contributed by atoms with E-state index in [0.29, 0.717) is 25.4 Å². The average molecular weight is 452 g/mol. The highest BCUT2D eigenvalue weighted by Gasteiger charge is 2.21. The van der Waals surface area contributed by atoms with Gasteiger partial charge in [-0.3, -0.25) is 4.79 Å². The zero-order chi connectivity index (χ0) is 23.0. The molecule has 2 aromatic rings. The van der Waals surface area contributed by atoms with Crippen molar-refractivity contribution < 1.29 is 26.5 Å². The van der Waals surface area contributed by atoms with Crippen LogP contribution in [0.4, 0.5) is 4.39 Å². The van der Waals surface area contributed by atoms with Crippen LogP contribution in [0, 0.1) is 11.7 Å². The number of rotatable bonds is 11. The fourth-order valence-electron chi connectivity index (χ4n) is 3.05. The number of carbonyl (C=O) groups excluding carboxylic acids is 1. The minimum absolute atomic E-state index is 0.00910. The van der Waals surface area contributed by atoms with Gasteiger partial charge in [-0.1, -0.05) is 33.3 Å². The fourth-order valence-corrected chi connectivity index (χ4v) is 3.99. The Morgan fingerprint density at radius 1 is 1.10 bits per heavy atom. The lowest BCUT2D eigenvalue weighted by molar-refractivity contribution is -0.132. The van der Waals surface area contributed by atoms with Gasteiger partial charge in [0.05, 0.1) is 7.11 Å². The summed E-state index contributed by atoms with van der Waals surface area (Å²) in [6.07, 6.45) is 2.23. The molecule has 2 aromatic carbocycles. The molecule has 0 fully saturated rings. The number of hydrogen-bond acceptors (Lipinski definition) is 5. The molecule has 0 aliphatic carbocycles. The number of halogens is 1. The topological polar surface area (TPSA) is 72.9 Å². The minimum atomic E-state index is -4.18. The first-order valence-corrected chi connectivity index (χ1v) is 11.7. The molecule has 0 radical (unpaired) electrons. The summed E-state index contributed by atoms with van der Waals surface area (Å²) in [4.78, 5) is 14.2. The van der Waals surface area contributed by atoms with Crippen molar-refractivity contribution in [2.75, 3.05) is 13.7 Å². The standard InChI is InChI=1S/C23H30FNO5S/c1-5-6-7-23(26)25(15-17(2)3)16-18-8-13-21(29-4)22(14-18)30-31(27,28)20-11-9-19(24)10-12-20/h8-14,17H,5-7,15-16H2,1-4H3. The lowest BCUT2D eigenvalue weighted by Crippen LogP contribution is -2.33. The largest absolute Gasteiger partial charge is 0.493 e. The lowest BCUT2D eigenvalue weighted by atomic mass is 10.1. The van der Waals surface area contributed by atoms with Crippen molar-refractivity contribution in [3.63, 3.8) is 0 Å². The van der Waals surface area contributed by atoms with Gasteiger partial charge in [-0.15, -0.1) is 0 Å². The van der Waals surface area contributed by atoms with E-state index >= 15 is 0 Å². The van der Waals surface area contributed by atoms with E-state index in [1.807, 2.05) is 20.8 Å². The first-order chi connectivity index (χ1) is 14.7. The summed E-state index contributed by atoms with van der Waals surface area (Å²) >= 11 is 0. The first kappa shape index (κ1) is 24.7. The molecule has 31 heavy (non-hydrogen) atoms. The molecular weight excluding hydrogens is 421 g/mol. The molecule has 2 rings (SSSR count). The Morgan fingerprint density at radius 2 is 1.77 bits per heavy atom. The third-order valence-electron chi connectivity index (χ3n) is 4.59. The predicted octanol–water partition coefficient (Wildman–Crippen LogP) is 4.78. The lowest BCUT2D eigenvalue weighted by Gasteiger charge is -2.25. The zero-order valence-electron chi connectivity index (χ0n) is 18.4. The maximum atomic E-state index is 13.1. The second-order valence-corrected chi connectivity index (χ2v) is 9.29. The Balaban J connectivity index is 2.29. The van der Waals surface area contributed by atoms with Gasteiger partial charge in [0, 0.05) is 19.5 Å². The summed E-state index contributed by atoms with van der Waals surface area (Å²) in [5.74, 6) is 0.0552. The van der Waals surface area contributed by atoms with Crippen molar-refractivity contribution in [2.45, 2.75) is 51.5 Å². The van der Waals surface area contributed by atoms with E-state index in [1.165, 1.54) is 7.11 Å². The van der Waals surface area contributed by atoms with Crippen LogP contribution in [-0.2, 0) is 21.5 Å². The summed E-state index contributed by atoms with van der Waals surface area (Å²) in [7, 11) is -2.77. The third kappa shape index (κ3) is 7.24. The molecule has 0 bridgehead atoms. The molecule has 0 saturated carbocycles. The number of carbonyl (C=O) groups is 1. The van der Waals surface area contributed by atoms with E-state index in [-0.39, 0.29) is 22.3 Å². The van der Waals surface area contributed by atoms with E-state index < -0.39 is 15.9 Å². The van der Waals surface area contributed by atoms with Crippen LogP contribution in [0.25, 0.3) is 0 Å². The van der Waals surface area contributed by atoms with Crippen LogP contribution in [0.2, 0.25) is 0 Å². The Labute approximate surface area is 184 Å². The molecule has 0 unspecified atom stereocenters. The normalized spacial score (nSPS) is 11.4. The third-order valence-corrected chi connectivity index (χ3v) is 5.83. The molecule has 0 aliphatic heterocycles. The second-order valence-electron chi connectivity index (χ2n) is 7.75. The molecular formula is C23H30FNO5S. The maximum absolute atomic E-state index is 13.1. The number of benzene rings is 2. The molecule has 170 valence electrons. The van der Waals surface area contributed by atoms with Crippen LogP contribution >= 0.6 is 0 Å². The second kappa shape index (κ2) is 11.1. The molecule has 0 atom stereocenters. The van der Waals surface area contributed by atoms with Crippen molar-refractivity contribution in [3.8, 4) is 11.5 Å². The van der Waals surface area contributed by atoms with E-state index in [1.54, 1.807) is 23.1 Å². The van der Waals surface area contributed by atoms with Gasteiger partial charge in [-0.05, 0) is 54.3 Å². The molecule has 0 spiro atoms. The van der Waals surface area contributed by atoms with Crippen LogP contribution in [0.5, 0.6) is 11.5 Å². The van der Waals surface area contributed by atoms with Crippen LogP contribution in [0.15, 0.2) is 47.4 Å². The van der Waals surface area contributed by atoms with E-state index in [2.05, 4.69) is 0 Å². The van der Waals surface area contributed by atoms with E-state index in [0.717, 1.165) is 42.7 Å². The monoisotopic (exact) mass is 451 g/mol. The highest BCUT2D eigenvalue weighted by molar-refractivity contribution is 7.87. The average Bonchev–Trinajstić information content (AvgIpc) is 2.71. The highest BCUT2D eigenvalue weighted by atomic mass is 32.2. The fraction of sp³-hybridized carbons (Fsp3) is 0.435. The summed E-state index contributed by atoms with van der Waals surface area (Å²) in [5, 5.41) is 0. The number of hydrogen-bond donors (Lipinski definition) is 0. The Bertz CT molecular complexity index is 974. The first-order valence-electron chi connectivity index (χ1n) is 10.3. The summed E-state index contributed by atoms with van der Waals surface area (Å²) in [5.41, 5.74) is 0.718. The quantitative estimate of drug-likeness (QED) is 0.460. The Morgan fingerprint density at radius 3 is 2.35 bits per heavy atom. The molecule has 8 heteroatoms. The Kier molecular flexibility index (Phi) is 8.86. The highest BCUT2D eigenvalue weighted by Crippen LogP contribution is 2.31. The van der Waals surface area contributed by atoms with E-state index in [4.69, 9.17) is 8.92 Å². The summed E-state index contributed by atoms with van der Waals surface area (Å²) in [6.45, 7) is 7.04. The molecule has 0 aliphatic rings. The molecule has 0 heterocycles. The van der Waals surface area contributed by atoms with Crippen LogP contribution in [-0.4, -0.2) is 32.9 Å². The number of nitrogens with zero attached hydrogens (tertiary/aromatic N) is 1. The molecule has 1 amide bonds. The van der Waals surface area contributed by atoms with Gasteiger partial charge in [-0.2, -0.15) is 8.42 Å². The van der Waals surface area contributed by atoms with Crippen molar-refractivity contribution >= 4 is 16.0 Å². The van der Waals surface area contributed by atoms with Gasteiger partial charge in [0.1, 0.15) is 10.7 Å². The molecule has 6 nitrogen and oxygen atoms in total.